The SMILES string of the molecule is CC(C)[C@@H](NS(=O)(=O)c1ccccc1)C(=O)OCC(=O)Nc1sc2c(c1C(N)=O)CCC2. The van der Waals surface area contributed by atoms with Crippen molar-refractivity contribution in [2.24, 2.45) is 11.7 Å². The second-order valence-electron chi connectivity index (χ2n) is 7.74. The highest BCUT2D eigenvalue weighted by Gasteiger charge is 2.31. The Hall–Kier alpha value is -2.76. The Labute approximate surface area is 190 Å². The number of anilines is 1. The van der Waals surface area contributed by atoms with Crippen molar-refractivity contribution in [3.8, 4) is 0 Å². The third-order valence-corrected chi connectivity index (χ3v) is 7.69. The van der Waals surface area contributed by atoms with Crippen LogP contribution in [0.1, 0.15) is 41.1 Å². The van der Waals surface area contributed by atoms with Gasteiger partial charge < -0.3 is 15.8 Å². The molecule has 0 bridgehead atoms. The topological polar surface area (TPSA) is 145 Å². The molecular formula is C21H25N3O6S2. The smallest absolute Gasteiger partial charge is 0.324 e. The van der Waals surface area contributed by atoms with E-state index in [0.717, 1.165) is 29.7 Å². The number of hydrogen-bond acceptors (Lipinski definition) is 7. The van der Waals surface area contributed by atoms with Crippen molar-refractivity contribution < 1.29 is 27.5 Å². The number of benzene rings is 1. The number of rotatable bonds is 9. The highest BCUT2D eigenvalue weighted by molar-refractivity contribution is 7.89. The molecule has 11 heteroatoms. The third kappa shape index (κ3) is 5.34. The average Bonchev–Trinajstić information content (AvgIpc) is 3.31. The standard InChI is InChI=1S/C21H25N3O6S2/c1-12(2)18(24-32(28,29)13-7-4-3-5-8-13)21(27)30-11-16(25)23-20-17(19(22)26)14-9-6-10-15(14)31-20/h3-5,7-8,12,18,24H,6,9-11H2,1-2H3,(H2,22,26)(H,23,25)/t18-/m1/s1. The number of aryl methyl sites for hydroxylation is 1. The van der Waals surface area contributed by atoms with E-state index in [0.29, 0.717) is 10.6 Å². The van der Waals surface area contributed by atoms with Gasteiger partial charge in [0.1, 0.15) is 11.0 Å². The summed E-state index contributed by atoms with van der Waals surface area (Å²) in [6, 6.07) is 6.46. The molecule has 0 spiro atoms. The van der Waals surface area contributed by atoms with Crippen LogP contribution in [0.3, 0.4) is 0 Å². The lowest BCUT2D eigenvalue weighted by Crippen LogP contribution is -2.45. The number of primary amides is 1. The van der Waals surface area contributed by atoms with Crippen LogP contribution in [0.15, 0.2) is 35.2 Å². The summed E-state index contributed by atoms with van der Waals surface area (Å²) in [4.78, 5) is 37.7. The van der Waals surface area contributed by atoms with Crippen LogP contribution in [0.5, 0.6) is 0 Å². The van der Waals surface area contributed by atoms with Crippen molar-refractivity contribution in [2.45, 2.75) is 44.0 Å². The summed E-state index contributed by atoms with van der Waals surface area (Å²) in [6.45, 7) is 2.69. The molecule has 0 saturated carbocycles. The quantitative estimate of drug-likeness (QED) is 0.468. The number of carbonyl (C=O) groups excluding carboxylic acids is 3. The number of thiophene rings is 1. The first-order valence-electron chi connectivity index (χ1n) is 10.1. The summed E-state index contributed by atoms with van der Waals surface area (Å²) in [7, 11) is -3.95. The third-order valence-electron chi connectivity index (χ3n) is 5.02. The monoisotopic (exact) mass is 479 g/mol. The second-order valence-corrected chi connectivity index (χ2v) is 10.6. The molecule has 3 rings (SSSR count). The van der Waals surface area contributed by atoms with E-state index in [-0.39, 0.29) is 4.90 Å². The zero-order valence-electron chi connectivity index (χ0n) is 17.7. The molecular weight excluding hydrogens is 454 g/mol. The van der Waals surface area contributed by atoms with Gasteiger partial charge in [-0.05, 0) is 42.9 Å². The van der Waals surface area contributed by atoms with Crippen molar-refractivity contribution in [1.82, 2.24) is 4.72 Å². The first-order valence-corrected chi connectivity index (χ1v) is 12.4. The van der Waals surface area contributed by atoms with Crippen molar-refractivity contribution in [3.05, 3.63) is 46.3 Å². The van der Waals surface area contributed by atoms with E-state index in [9.17, 15) is 22.8 Å². The Morgan fingerprint density at radius 1 is 1.16 bits per heavy atom. The number of hydrogen-bond donors (Lipinski definition) is 3. The molecule has 1 aromatic carbocycles. The summed E-state index contributed by atoms with van der Waals surface area (Å²) >= 11 is 1.29. The predicted molar refractivity (Wildman–Crippen MR) is 120 cm³/mol. The maximum absolute atomic E-state index is 12.6. The Morgan fingerprint density at radius 3 is 2.47 bits per heavy atom. The number of ether oxygens (including phenoxy) is 1. The molecule has 1 atom stereocenters. The zero-order valence-corrected chi connectivity index (χ0v) is 19.3. The number of fused-ring (bicyclic) bond motifs is 1. The molecule has 0 aliphatic heterocycles. The molecule has 0 unspecified atom stereocenters. The summed E-state index contributed by atoms with van der Waals surface area (Å²) in [5.41, 5.74) is 6.64. The Bertz CT molecular complexity index is 1130. The fourth-order valence-electron chi connectivity index (χ4n) is 3.43. The van der Waals surface area contributed by atoms with Crippen LogP contribution in [0.2, 0.25) is 0 Å². The summed E-state index contributed by atoms with van der Waals surface area (Å²) in [5.74, 6) is -2.56. The van der Waals surface area contributed by atoms with Crippen LogP contribution in [0.25, 0.3) is 0 Å². The second kappa shape index (κ2) is 9.80. The maximum atomic E-state index is 12.6. The van der Waals surface area contributed by atoms with Crippen LogP contribution in [0, 0.1) is 5.92 Å². The van der Waals surface area contributed by atoms with E-state index in [1.165, 1.54) is 23.5 Å². The van der Waals surface area contributed by atoms with Gasteiger partial charge in [-0.2, -0.15) is 4.72 Å². The fourth-order valence-corrected chi connectivity index (χ4v) is 6.10. The van der Waals surface area contributed by atoms with Crippen LogP contribution >= 0.6 is 11.3 Å². The maximum Gasteiger partial charge on any atom is 0.324 e. The number of amides is 2. The lowest BCUT2D eigenvalue weighted by atomic mass is 10.1. The zero-order chi connectivity index (χ0) is 23.5. The molecule has 9 nitrogen and oxygen atoms in total. The number of esters is 1. The van der Waals surface area contributed by atoms with Crippen LogP contribution in [-0.2, 0) is 37.2 Å². The van der Waals surface area contributed by atoms with Crippen LogP contribution in [-0.4, -0.2) is 38.9 Å². The van der Waals surface area contributed by atoms with Gasteiger partial charge in [-0.25, -0.2) is 8.42 Å². The normalized spacial score (nSPS) is 14.1. The Kier molecular flexibility index (Phi) is 7.32. The van der Waals surface area contributed by atoms with Gasteiger partial charge in [0.25, 0.3) is 11.8 Å². The van der Waals surface area contributed by atoms with E-state index in [1.807, 2.05) is 0 Å². The summed E-state index contributed by atoms with van der Waals surface area (Å²) < 4.78 is 32.5. The molecule has 1 aromatic heterocycles. The van der Waals surface area contributed by atoms with Crippen molar-refractivity contribution in [2.75, 3.05) is 11.9 Å². The lowest BCUT2D eigenvalue weighted by molar-refractivity contribution is -0.150. The number of sulfonamides is 1. The minimum absolute atomic E-state index is 0.0147. The molecule has 2 aromatic rings. The van der Waals surface area contributed by atoms with Crippen LogP contribution in [0.4, 0.5) is 5.00 Å². The molecule has 32 heavy (non-hydrogen) atoms. The number of nitrogens with one attached hydrogen (secondary N) is 2. The summed E-state index contributed by atoms with van der Waals surface area (Å²) in [6.07, 6.45) is 2.48. The highest BCUT2D eigenvalue weighted by atomic mass is 32.2. The van der Waals surface area contributed by atoms with E-state index in [2.05, 4.69) is 10.0 Å². The molecule has 4 N–H and O–H groups in total. The molecule has 1 aliphatic rings. The van der Waals surface area contributed by atoms with Crippen molar-refractivity contribution in [3.63, 3.8) is 0 Å². The van der Waals surface area contributed by atoms with Gasteiger partial charge in [0, 0.05) is 4.88 Å². The Balaban J connectivity index is 1.63. The van der Waals surface area contributed by atoms with Gasteiger partial charge in [-0.3, -0.25) is 14.4 Å². The first-order chi connectivity index (χ1) is 15.1. The largest absolute Gasteiger partial charge is 0.454 e. The fraction of sp³-hybridized carbons (Fsp3) is 0.381. The van der Waals surface area contributed by atoms with Gasteiger partial charge in [0.2, 0.25) is 10.0 Å². The first kappa shape index (κ1) is 23.9. The van der Waals surface area contributed by atoms with Crippen LogP contribution < -0.4 is 15.8 Å². The van der Waals surface area contributed by atoms with Gasteiger partial charge >= 0.3 is 5.97 Å². The summed E-state index contributed by atoms with van der Waals surface area (Å²) in [5, 5.41) is 2.92. The highest BCUT2D eigenvalue weighted by Crippen LogP contribution is 2.38. The molecule has 0 radical (unpaired) electrons. The van der Waals surface area contributed by atoms with Gasteiger partial charge in [-0.15, -0.1) is 11.3 Å². The number of carbonyl (C=O) groups is 3. The van der Waals surface area contributed by atoms with Crippen molar-refractivity contribution >= 4 is 44.1 Å². The molecule has 1 aliphatic carbocycles. The van der Waals surface area contributed by atoms with E-state index in [4.69, 9.17) is 10.5 Å². The molecule has 0 fully saturated rings. The Morgan fingerprint density at radius 2 is 1.84 bits per heavy atom. The number of nitrogens with two attached hydrogens (primary N) is 1. The van der Waals surface area contributed by atoms with Gasteiger partial charge in [0.05, 0.1) is 10.5 Å². The minimum Gasteiger partial charge on any atom is -0.454 e. The average molecular weight is 480 g/mol. The minimum atomic E-state index is -3.95. The van der Waals surface area contributed by atoms with Crippen molar-refractivity contribution in [1.29, 1.82) is 0 Å². The van der Waals surface area contributed by atoms with E-state index < -0.39 is 46.4 Å². The molecule has 1 heterocycles. The van der Waals surface area contributed by atoms with E-state index >= 15 is 0 Å². The predicted octanol–water partition coefficient (Wildman–Crippen LogP) is 1.82. The molecule has 2 amide bonds. The van der Waals surface area contributed by atoms with E-state index in [1.54, 1.807) is 32.0 Å². The lowest BCUT2D eigenvalue weighted by Gasteiger charge is -2.20. The van der Waals surface area contributed by atoms with Gasteiger partial charge in [0.15, 0.2) is 6.61 Å². The molecule has 0 saturated heterocycles. The molecule has 172 valence electrons. The van der Waals surface area contributed by atoms with Gasteiger partial charge in [-0.1, -0.05) is 32.0 Å².